The van der Waals surface area contributed by atoms with Crippen LogP contribution in [0, 0.1) is 17.8 Å². The molecule has 0 spiro atoms. The van der Waals surface area contributed by atoms with Crippen LogP contribution in [-0.4, -0.2) is 47.7 Å². The molecule has 0 radical (unpaired) electrons. The van der Waals surface area contributed by atoms with Gasteiger partial charge in [-0.2, -0.15) is 4.90 Å². The van der Waals surface area contributed by atoms with Gasteiger partial charge in [-0.25, -0.2) is 4.79 Å². The number of phenols is 1. The number of hydrogen-bond acceptors (Lipinski definition) is 6. The van der Waals surface area contributed by atoms with Crippen LogP contribution in [0.2, 0.25) is 0 Å². The van der Waals surface area contributed by atoms with Crippen molar-refractivity contribution in [1.82, 2.24) is 4.90 Å². The number of methoxy groups -OCH3 is 1. The van der Waals surface area contributed by atoms with Crippen molar-refractivity contribution >= 4 is 45.5 Å². The van der Waals surface area contributed by atoms with Crippen molar-refractivity contribution in [1.29, 1.82) is 0 Å². The van der Waals surface area contributed by atoms with Crippen LogP contribution in [0.15, 0.2) is 64.1 Å². The number of amides is 3. The first-order valence-electron chi connectivity index (χ1n) is 13.4. The van der Waals surface area contributed by atoms with Gasteiger partial charge >= 0.3 is 6.09 Å². The lowest BCUT2D eigenvalue weighted by molar-refractivity contribution is -0.137. The molecular weight excluding hydrogens is 562 g/mol. The van der Waals surface area contributed by atoms with Crippen LogP contribution >= 0.6 is 15.9 Å². The molecule has 3 aliphatic rings. The monoisotopic (exact) mass is 593 g/mol. The quantitative estimate of drug-likeness (QED) is 0.228. The summed E-state index contributed by atoms with van der Waals surface area (Å²) < 4.78 is 11.9. The zero-order valence-electron chi connectivity index (χ0n) is 22.1. The molecule has 0 bridgehead atoms. The van der Waals surface area contributed by atoms with Crippen molar-refractivity contribution in [2.75, 3.05) is 13.7 Å². The molecule has 0 unspecified atom stereocenters. The Morgan fingerprint density at radius 3 is 2.64 bits per heavy atom. The summed E-state index contributed by atoms with van der Waals surface area (Å²) in [6, 6.07) is 15.4. The first-order chi connectivity index (χ1) is 18.8. The largest absolute Gasteiger partial charge is 0.507 e. The first kappa shape index (κ1) is 27.3. The number of phenolic OH excluding ortho intramolecular Hbond substituents is 1. The SMILES string of the molecule is CCCC1=C2[C@@H](CC/C(=C/c3cc(Br)ccc3O)c3ccccc3)OC[C@@H]2[C@@H]2C(=O)N(C(=O)OC)C(=O)[C@@H]2C1. The number of likely N-dealkylation sites (tertiary alicyclic amines) is 1. The molecule has 7 nitrogen and oxygen atoms in total. The van der Waals surface area contributed by atoms with E-state index in [-0.39, 0.29) is 17.8 Å². The minimum absolute atomic E-state index is 0.184. The number of imide groups is 3. The van der Waals surface area contributed by atoms with E-state index < -0.39 is 29.7 Å². The van der Waals surface area contributed by atoms with Crippen LogP contribution in [0.4, 0.5) is 4.79 Å². The van der Waals surface area contributed by atoms with Crippen molar-refractivity contribution in [3.05, 3.63) is 75.3 Å². The van der Waals surface area contributed by atoms with E-state index in [2.05, 4.69) is 35.0 Å². The fraction of sp³-hybridized carbons (Fsp3) is 0.387. The third-order valence-corrected chi connectivity index (χ3v) is 8.55. The molecule has 2 aromatic rings. The van der Waals surface area contributed by atoms with Crippen molar-refractivity contribution in [3.8, 4) is 5.75 Å². The van der Waals surface area contributed by atoms with E-state index in [4.69, 9.17) is 9.47 Å². The Morgan fingerprint density at radius 2 is 1.92 bits per heavy atom. The van der Waals surface area contributed by atoms with Crippen molar-refractivity contribution in [3.63, 3.8) is 0 Å². The summed E-state index contributed by atoms with van der Waals surface area (Å²) in [5.74, 6) is -2.10. The Bertz CT molecular complexity index is 1350. The van der Waals surface area contributed by atoms with Crippen LogP contribution in [0.1, 0.15) is 50.2 Å². The smallest absolute Gasteiger partial charge is 0.423 e. The molecule has 4 atom stereocenters. The standard InChI is InChI=1S/C31H32BrNO6/c1-3-7-20-16-23-28(30(36)33(29(23)35)31(37)38-2)24-17-39-26(27(20)24)13-10-19(18-8-5-4-6-9-18)14-21-15-22(32)11-12-25(21)34/h4-6,8-9,11-12,14-15,23-24,26,28,34H,3,7,10,13,16-17H2,1-2H3/b19-14-/t23-,24+,26-,28-/m1/s1. The van der Waals surface area contributed by atoms with Crippen molar-refractivity contribution < 1.29 is 29.0 Å². The molecule has 2 fully saturated rings. The Hall–Kier alpha value is -3.23. The third kappa shape index (κ3) is 5.20. The maximum absolute atomic E-state index is 13.3. The predicted molar refractivity (Wildman–Crippen MR) is 150 cm³/mol. The summed E-state index contributed by atoms with van der Waals surface area (Å²) in [7, 11) is 1.18. The fourth-order valence-corrected chi connectivity index (χ4v) is 6.73. The number of carbonyl (C=O) groups excluding carboxylic acids is 3. The summed E-state index contributed by atoms with van der Waals surface area (Å²) in [5, 5.41) is 10.5. The van der Waals surface area contributed by atoms with Gasteiger partial charge in [-0.3, -0.25) is 9.59 Å². The lowest BCUT2D eigenvalue weighted by Gasteiger charge is -2.32. The van der Waals surface area contributed by atoms with Gasteiger partial charge in [-0.1, -0.05) is 65.2 Å². The molecule has 8 heteroatoms. The van der Waals surface area contributed by atoms with Crippen LogP contribution < -0.4 is 0 Å². The second-order valence-electron chi connectivity index (χ2n) is 10.3. The Balaban J connectivity index is 1.44. The number of halogens is 1. The first-order valence-corrected chi connectivity index (χ1v) is 14.2. The van der Waals surface area contributed by atoms with Gasteiger partial charge in [0.1, 0.15) is 5.75 Å². The molecule has 3 amide bonds. The van der Waals surface area contributed by atoms with Gasteiger partial charge in [0.05, 0.1) is 31.7 Å². The van der Waals surface area contributed by atoms with E-state index in [1.165, 1.54) is 12.7 Å². The second kappa shape index (κ2) is 11.5. The maximum Gasteiger partial charge on any atom is 0.423 e. The number of allylic oxidation sites excluding steroid dienone is 2. The normalized spacial score (nSPS) is 24.7. The molecule has 39 heavy (non-hydrogen) atoms. The highest BCUT2D eigenvalue weighted by molar-refractivity contribution is 9.10. The molecule has 0 saturated carbocycles. The highest BCUT2D eigenvalue weighted by atomic mass is 79.9. The maximum atomic E-state index is 13.3. The van der Waals surface area contributed by atoms with Gasteiger partial charge in [0.25, 0.3) is 0 Å². The number of fused-ring (bicyclic) bond motifs is 3. The predicted octanol–water partition coefficient (Wildman–Crippen LogP) is 6.36. The lowest BCUT2D eigenvalue weighted by atomic mass is 9.68. The molecule has 1 N–H and O–H groups in total. The van der Waals surface area contributed by atoms with Crippen LogP contribution in [0.5, 0.6) is 5.75 Å². The Morgan fingerprint density at radius 1 is 1.15 bits per heavy atom. The van der Waals surface area contributed by atoms with E-state index in [1.807, 2.05) is 30.3 Å². The summed E-state index contributed by atoms with van der Waals surface area (Å²) in [6.07, 6.45) is 4.49. The van der Waals surface area contributed by atoms with Gasteiger partial charge in [-0.05, 0) is 66.7 Å². The Kier molecular flexibility index (Phi) is 8.05. The molecule has 2 aliphatic heterocycles. The molecule has 5 rings (SSSR count). The third-order valence-electron chi connectivity index (χ3n) is 8.06. The van der Waals surface area contributed by atoms with E-state index in [9.17, 15) is 19.5 Å². The summed E-state index contributed by atoms with van der Waals surface area (Å²) >= 11 is 3.49. The van der Waals surface area contributed by atoms with E-state index in [0.717, 1.165) is 39.6 Å². The lowest BCUT2D eigenvalue weighted by Crippen LogP contribution is -2.38. The zero-order valence-corrected chi connectivity index (χ0v) is 23.6. The highest BCUT2D eigenvalue weighted by Gasteiger charge is 2.58. The highest BCUT2D eigenvalue weighted by Crippen LogP contribution is 2.51. The van der Waals surface area contributed by atoms with Gasteiger partial charge in [-0.15, -0.1) is 0 Å². The van der Waals surface area contributed by atoms with E-state index in [1.54, 1.807) is 12.1 Å². The van der Waals surface area contributed by atoms with Crippen LogP contribution in [0.25, 0.3) is 11.6 Å². The number of ether oxygens (including phenoxy) is 2. The van der Waals surface area contributed by atoms with Gasteiger partial charge < -0.3 is 14.6 Å². The zero-order chi connectivity index (χ0) is 27.7. The second-order valence-corrected chi connectivity index (χ2v) is 11.2. The number of benzene rings is 2. The average Bonchev–Trinajstić information content (AvgIpc) is 3.47. The number of hydrogen-bond donors (Lipinski definition) is 1. The number of nitrogens with zero attached hydrogens (tertiary/aromatic N) is 1. The number of carbonyl (C=O) groups is 3. The summed E-state index contributed by atoms with van der Waals surface area (Å²) in [6.45, 7) is 2.45. The minimum Gasteiger partial charge on any atom is -0.507 e. The number of rotatable bonds is 7. The van der Waals surface area contributed by atoms with E-state index >= 15 is 0 Å². The van der Waals surface area contributed by atoms with Crippen LogP contribution in [0.3, 0.4) is 0 Å². The molecule has 2 aromatic carbocycles. The van der Waals surface area contributed by atoms with E-state index in [0.29, 0.717) is 30.8 Å². The van der Waals surface area contributed by atoms with Gasteiger partial charge in [0, 0.05) is 16.0 Å². The van der Waals surface area contributed by atoms with Crippen LogP contribution in [-0.2, 0) is 19.1 Å². The molecule has 2 heterocycles. The fourth-order valence-electron chi connectivity index (χ4n) is 6.35. The molecule has 0 aromatic heterocycles. The number of aromatic hydroxyl groups is 1. The molecule has 2 saturated heterocycles. The minimum atomic E-state index is -0.915. The molecular formula is C31H32BrNO6. The van der Waals surface area contributed by atoms with Gasteiger partial charge in [0.15, 0.2) is 0 Å². The topological polar surface area (TPSA) is 93.1 Å². The molecule has 204 valence electrons. The summed E-state index contributed by atoms with van der Waals surface area (Å²) in [5.41, 5.74) is 5.14. The average molecular weight is 595 g/mol. The molecule has 1 aliphatic carbocycles. The van der Waals surface area contributed by atoms with Gasteiger partial charge in [0.2, 0.25) is 11.8 Å². The van der Waals surface area contributed by atoms with Crippen molar-refractivity contribution in [2.24, 2.45) is 17.8 Å². The van der Waals surface area contributed by atoms with Crippen molar-refractivity contribution in [2.45, 2.75) is 45.1 Å². The Labute approximate surface area is 236 Å². The summed E-state index contributed by atoms with van der Waals surface area (Å²) in [4.78, 5) is 39.3.